The molecule has 5 rings (SSSR count). The molecule has 3 fully saturated rings. The average molecular weight is 545 g/mol. The van der Waals surface area contributed by atoms with Crippen LogP contribution in [-0.2, 0) is 11.3 Å². The van der Waals surface area contributed by atoms with E-state index >= 15 is 0 Å². The summed E-state index contributed by atoms with van der Waals surface area (Å²) in [5, 5.41) is 2.69. The molecule has 2 aliphatic heterocycles. The SMILES string of the molecule is CC(C)(N)C(=O)N1CCN(C(=O)Nc2ccn(-c3ccc(CN4CC5C(N)C5(C)C4)cc3)c(=O)n2)CC1.Cl. The van der Waals surface area contributed by atoms with Crippen molar-refractivity contribution in [3.8, 4) is 5.69 Å². The fourth-order valence-electron chi connectivity index (χ4n) is 5.59. The van der Waals surface area contributed by atoms with Crippen LogP contribution in [0.3, 0.4) is 0 Å². The van der Waals surface area contributed by atoms with Gasteiger partial charge in [-0.15, -0.1) is 12.4 Å². The van der Waals surface area contributed by atoms with Crippen molar-refractivity contribution < 1.29 is 9.59 Å². The number of rotatable bonds is 5. The third-order valence-corrected chi connectivity index (χ3v) is 8.02. The summed E-state index contributed by atoms with van der Waals surface area (Å²) >= 11 is 0. The molecule has 0 bridgehead atoms. The summed E-state index contributed by atoms with van der Waals surface area (Å²) in [6.07, 6.45) is 1.61. The number of hydrogen-bond donors (Lipinski definition) is 3. The number of hydrogen-bond acceptors (Lipinski definition) is 7. The van der Waals surface area contributed by atoms with Gasteiger partial charge in [-0.1, -0.05) is 19.1 Å². The van der Waals surface area contributed by atoms with Gasteiger partial charge in [0.25, 0.3) is 0 Å². The lowest BCUT2D eigenvalue weighted by Crippen LogP contribution is -2.58. The Morgan fingerprint density at radius 2 is 1.74 bits per heavy atom. The summed E-state index contributed by atoms with van der Waals surface area (Å²) in [5.41, 5.74) is 12.8. The van der Waals surface area contributed by atoms with Gasteiger partial charge in [-0.25, -0.2) is 9.59 Å². The molecule has 38 heavy (non-hydrogen) atoms. The molecule has 2 saturated heterocycles. The van der Waals surface area contributed by atoms with E-state index < -0.39 is 11.2 Å². The third kappa shape index (κ3) is 5.42. The number of fused-ring (bicyclic) bond motifs is 1. The maximum absolute atomic E-state index is 12.7. The lowest BCUT2D eigenvalue weighted by atomic mass is 10.1. The summed E-state index contributed by atoms with van der Waals surface area (Å²) in [7, 11) is 0. The lowest BCUT2D eigenvalue weighted by Gasteiger charge is -2.37. The van der Waals surface area contributed by atoms with E-state index in [2.05, 4.69) is 22.1 Å². The van der Waals surface area contributed by atoms with Gasteiger partial charge in [-0.3, -0.25) is 19.6 Å². The van der Waals surface area contributed by atoms with Gasteiger partial charge in [0, 0.05) is 63.5 Å². The number of amides is 3. The highest BCUT2D eigenvalue weighted by atomic mass is 35.5. The fraction of sp³-hybridized carbons (Fsp3) is 0.538. The predicted octanol–water partition coefficient (Wildman–Crippen LogP) is 0.847. The Morgan fingerprint density at radius 3 is 2.29 bits per heavy atom. The fourth-order valence-corrected chi connectivity index (χ4v) is 5.59. The summed E-state index contributed by atoms with van der Waals surface area (Å²) in [6, 6.07) is 9.45. The summed E-state index contributed by atoms with van der Waals surface area (Å²) in [4.78, 5) is 47.4. The van der Waals surface area contributed by atoms with E-state index in [-0.39, 0.29) is 35.6 Å². The molecule has 1 aromatic heterocycles. The number of carbonyl (C=O) groups excluding carboxylic acids is 2. The van der Waals surface area contributed by atoms with Gasteiger partial charge in [-0.05, 0) is 43.5 Å². The van der Waals surface area contributed by atoms with Gasteiger partial charge in [0.2, 0.25) is 5.91 Å². The van der Waals surface area contributed by atoms with Crippen LogP contribution < -0.4 is 22.5 Å². The van der Waals surface area contributed by atoms with Gasteiger partial charge in [0.1, 0.15) is 5.82 Å². The highest BCUT2D eigenvalue weighted by Gasteiger charge is 2.63. The topological polar surface area (TPSA) is 143 Å². The highest BCUT2D eigenvalue weighted by Crippen LogP contribution is 2.56. The molecule has 3 amide bonds. The van der Waals surface area contributed by atoms with E-state index in [9.17, 15) is 14.4 Å². The first-order valence-corrected chi connectivity index (χ1v) is 12.8. The number of nitrogens with one attached hydrogen (secondary N) is 1. The molecular weight excluding hydrogens is 508 g/mol. The number of benzene rings is 1. The summed E-state index contributed by atoms with van der Waals surface area (Å²) in [6.45, 7) is 10.1. The maximum Gasteiger partial charge on any atom is 0.354 e. The minimum Gasteiger partial charge on any atom is -0.338 e. The predicted molar refractivity (Wildman–Crippen MR) is 147 cm³/mol. The van der Waals surface area contributed by atoms with Gasteiger partial charge in [-0.2, -0.15) is 4.98 Å². The number of likely N-dealkylation sites (tertiary alicyclic amines) is 1. The molecule has 0 radical (unpaired) electrons. The van der Waals surface area contributed by atoms with Crippen LogP contribution in [0, 0.1) is 11.3 Å². The summed E-state index contributed by atoms with van der Waals surface area (Å²) < 4.78 is 1.45. The monoisotopic (exact) mass is 544 g/mol. The van der Waals surface area contributed by atoms with Gasteiger partial charge in [0.15, 0.2) is 0 Å². The minimum absolute atomic E-state index is 0. The zero-order valence-electron chi connectivity index (χ0n) is 22.1. The van der Waals surface area contributed by atoms with Crippen LogP contribution in [0.1, 0.15) is 26.3 Å². The largest absolute Gasteiger partial charge is 0.354 e. The first kappa shape index (κ1) is 28.0. The van der Waals surface area contributed by atoms with Crippen LogP contribution in [0.4, 0.5) is 10.6 Å². The van der Waals surface area contributed by atoms with E-state index in [0.29, 0.717) is 43.8 Å². The number of carbonyl (C=O) groups is 2. The Morgan fingerprint density at radius 1 is 1.11 bits per heavy atom. The van der Waals surface area contributed by atoms with E-state index in [1.165, 1.54) is 10.1 Å². The first-order valence-electron chi connectivity index (χ1n) is 12.8. The van der Waals surface area contributed by atoms with Crippen molar-refractivity contribution >= 4 is 30.2 Å². The van der Waals surface area contributed by atoms with Crippen LogP contribution >= 0.6 is 12.4 Å². The van der Waals surface area contributed by atoms with E-state index in [4.69, 9.17) is 11.5 Å². The Kier molecular flexibility index (Phi) is 7.59. The van der Waals surface area contributed by atoms with E-state index in [1.807, 2.05) is 24.3 Å². The molecule has 12 heteroatoms. The number of urea groups is 1. The highest BCUT2D eigenvalue weighted by molar-refractivity contribution is 5.89. The number of nitrogens with two attached hydrogens (primary N) is 2. The van der Waals surface area contributed by atoms with Crippen molar-refractivity contribution in [2.24, 2.45) is 22.8 Å². The molecule has 1 aliphatic carbocycles. The van der Waals surface area contributed by atoms with Crippen molar-refractivity contribution in [3.05, 3.63) is 52.6 Å². The molecule has 3 heterocycles. The molecule has 3 unspecified atom stereocenters. The second-order valence-electron chi connectivity index (χ2n) is 11.4. The average Bonchev–Trinajstić information content (AvgIpc) is 3.17. The first-order chi connectivity index (χ1) is 17.5. The lowest BCUT2D eigenvalue weighted by molar-refractivity contribution is -0.137. The Bertz CT molecular complexity index is 1250. The Hall–Kier alpha value is -2.99. The van der Waals surface area contributed by atoms with Crippen LogP contribution in [0.2, 0.25) is 0 Å². The van der Waals surface area contributed by atoms with Crippen molar-refractivity contribution in [2.75, 3.05) is 44.6 Å². The Labute approximate surface area is 228 Å². The molecule has 0 spiro atoms. The van der Waals surface area contributed by atoms with Crippen LogP contribution in [-0.4, -0.2) is 87.0 Å². The quantitative estimate of drug-likeness (QED) is 0.506. The maximum atomic E-state index is 12.7. The second-order valence-corrected chi connectivity index (χ2v) is 11.4. The van der Waals surface area contributed by atoms with Gasteiger partial charge in [0.05, 0.1) is 11.2 Å². The van der Waals surface area contributed by atoms with E-state index in [0.717, 1.165) is 19.6 Å². The normalized spacial score (nSPS) is 25.0. The molecule has 1 saturated carbocycles. The molecule has 1 aromatic carbocycles. The molecule has 3 atom stereocenters. The smallest absolute Gasteiger partial charge is 0.338 e. The van der Waals surface area contributed by atoms with Gasteiger partial charge >= 0.3 is 11.7 Å². The van der Waals surface area contributed by atoms with Crippen LogP contribution in [0.15, 0.2) is 41.3 Å². The number of piperidine rings is 1. The number of anilines is 1. The van der Waals surface area contributed by atoms with Crippen LogP contribution in [0.5, 0.6) is 0 Å². The molecular formula is C26H37ClN8O3. The zero-order chi connectivity index (χ0) is 26.5. The second kappa shape index (κ2) is 10.3. The van der Waals surface area contributed by atoms with Crippen molar-refractivity contribution in [1.82, 2.24) is 24.3 Å². The molecule has 206 valence electrons. The van der Waals surface area contributed by atoms with Crippen molar-refractivity contribution in [3.63, 3.8) is 0 Å². The number of piperazine rings is 1. The Balaban J connectivity index is 0.00000336. The van der Waals surface area contributed by atoms with Crippen LogP contribution in [0.25, 0.3) is 5.69 Å². The molecule has 3 aliphatic rings. The molecule has 11 nitrogen and oxygen atoms in total. The van der Waals surface area contributed by atoms with Crippen molar-refractivity contribution in [2.45, 2.75) is 38.9 Å². The number of halogens is 1. The number of aromatic nitrogens is 2. The minimum atomic E-state index is -0.945. The molecule has 5 N–H and O–H groups in total. The standard InChI is InChI=1S/C26H36N8O3.ClH/c1-25(2,28)22(35)32-10-12-33(13-11-32)23(36)29-20-8-9-34(24(37)30-20)18-6-4-17(5-7-18)14-31-15-19-21(27)26(19,3)16-31;/h4-9,19,21H,10-16,27-28H2,1-3H3,(H,29,30,36,37);1H. The number of nitrogens with zero attached hydrogens (tertiary/aromatic N) is 5. The summed E-state index contributed by atoms with van der Waals surface area (Å²) in [5.74, 6) is 0.647. The van der Waals surface area contributed by atoms with Crippen molar-refractivity contribution in [1.29, 1.82) is 0 Å². The third-order valence-electron chi connectivity index (χ3n) is 8.02. The van der Waals surface area contributed by atoms with E-state index in [1.54, 1.807) is 35.9 Å². The van der Waals surface area contributed by atoms with Gasteiger partial charge < -0.3 is 21.3 Å². The molecule has 2 aromatic rings. The zero-order valence-corrected chi connectivity index (χ0v) is 22.9.